The highest BCUT2D eigenvalue weighted by Gasteiger charge is 2.31. The lowest BCUT2D eigenvalue weighted by Crippen LogP contribution is -2.20. The molecule has 0 aliphatic rings. The van der Waals surface area contributed by atoms with Crippen LogP contribution in [0.25, 0.3) is 0 Å². The monoisotopic (exact) mass is 285 g/mol. The van der Waals surface area contributed by atoms with E-state index in [4.69, 9.17) is 0 Å². The molecule has 0 atom stereocenters. The standard InChI is InChI=1S/C13H14F3N3O/c1-9-11(8-18-19-9)7-17-6-10-4-2-3-5-12(10)20-13(14,15)16/h2-5,8,17H,6-7H2,1H3,(H,18,19). The maximum absolute atomic E-state index is 12.3. The lowest BCUT2D eigenvalue weighted by atomic mass is 10.2. The molecule has 7 heteroatoms. The fourth-order valence-corrected chi connectivity index (χ4v) is 1.76. The average molecular weight is 285 g/mol. The number of aromatic nitrogens is 2. The zero-order valence-electron chi connectivity index (χ0n) is 10.8. The number of aromatic amines is 1. The molecule has 1 heterocycles. The van der Waals surface area contributed by atoms with Crippen LogP contribution in [0.2, 0.25) is 0 Å². The van der Waals surface area contributed by atoms with E-state index in [1.54, 1.807) is 18.3 Å². The smallest absolute Gasteiger partial charge is 0.405 e. The lowest BCUT2D eigenvalue weighted by Gasteiger charge is -2.13. The van der Waals surface area contributed by atoms with Crippen molar-refractivity contribution in [3.05, 3.63) is 47.3 Å². The van der Waals surface area contributed by atoms with Crippen LogP contribution in [0.15, 0.2) is 30.5 Å². The fraction of sp³-hybridized carbons (Fsp3) is 0.308. The maximum Gasteiger partial charge on any atom is 0.573 e. The quantitative estimate of drug-likeness (QED) is 0.888. The minimum Gasteiger partial charge on any atom is -0.405 e. The third kappa shape index (κ3) is 3.99. The van der Waals surface area contributed by atoms with Crippen LogP contribution < -0.4 is 10.1 Å². The van der Waals surface area contributed by atoms with Gasteiger partial charge in [0, 0.05) is 29.9 Å². The predicted octanol–water partition coefficient (Wildman–Crippen LogP) is 2.91. The van der Waals surface area contributed by atoms with E-state index in [1.807, 2.05) is 6.92 Å². The molecule has 0 radical (unpaired) electrons. The molecule has 0 saturated heterocycles. The topological polar surface area (TPSA) is 49.9 Å². The fourth-order valence-electron chi connectivity index (χ4n) is 1.76. The Kier molecular flexibility index (Phi) is 4.29. The molecule has 0 fully saturated rings. The number of ether oxygens (including phenoxy) is 1. The molecule has 1 aromatic carbocycles. The Hall–Kier alpha value is -2.02. The third-order valence-corrected chi connectivity index (χ3v) is 2.76. The van der Waals surface area contributed by atoms with Crippen LogP contribution in [0, 0.1) is 6.92 Å². The van der Waals surface area contributed by atoms with Crippen LogP contribution >= 0.6 is 0 Å². The minimum atomic E-state index is -4.68. The van der Waals surface area contributed by atoms with Crippen molar-refractivity contribution in [2.75, 3.05) is 0 Å². The van der Waals surface area contributed by atoms with E-state index < -0.39 is 6.36 Å². The highest BCUT2D eigenvalue weighted by atomic mass is 19.4. The van der Waals surface area contributed by atoms with Gasteiger partial charge in [0.25, 0.3) is 0 Å². The molecule has 0 spiro atoms. The second-order valence-corrected chi connectivity index (χ2v) is 4.28. The van der Waals surface area contributed by atoms with Gasteiger partial charge >= 0.3 is 6.36 Å². The van der Waals surface area contributed by atoms with Crippen LogP contribution in [0.4, 0.5) is 13.2 Å². The van der Waals surface area contributed by atoms with E-state index in [9.17, 15) is 13.2 Å². The van der Waals surface area contributed by atoms with E-state index >= 15 is 0 Å². The van der Waals surface area contributed by atoms with E-state index in [2.05, 4.69) is 20.3 Å². The van der Waals surface area contributed by atoms with E-state index in [0.717, 1.165) is 11.3 Å². The first-order valence-electron chi connectivity index (χ1n) is 5.99. The number of rotatable bonds is 5. The summed E-state index contributed by atoms with van der Waals surface area (Å²) in [4.78, 5) is 0. The normalized spacial score (nSPS) is 11.6. The number of hydrogen-bond donors (Lipinski definition) is 2. The highest BCUT2D eigenvalue weighted by molar-refractivity contribution is 5.33. The van der Waals surface area contributed by atoms with Gasteiger partial charge in [0.2, 0.25) is 0 Å². The Bertz CT molecular complexity index is 566. The summed E-state index contributed by atoms with van der Waals surface area (Å²) in [5, 5.41) is 9.73. The van der Waals surface area contributed by atoms with Crippen molar-refractivity contribution >= 4 is 0 Å². The van der Waals surface area contributed by atoms with Gasteiger partial charge in [-0.25, -0.2) is 0 Å². The van der Waals surface area contributed by atoms with Crippen molar-refractivity contribution in [2.45, 2.75) is 26.4 Å². The van der Waals surface area contributed by atoms with Crippen molar-refractivity contribution in [1.29, 1.82) is 0 Å². The number of alkyl halides is 3. The molecule has 2 rings (SSSR count). The van der Waals surface area contributed by atoms with Crippen molar-refractivity contribution in [3.63, 3.8) is 0 Å². The number of aryl methyl sites for hydroxylation is 1. The number of hydrogen-bond acceptors (Lipinski definition) is 3. The third-order valence-electron chi connectivity index (χ3n) is 2.76. The zero-order valence-corrected chi connectivity index (χ0v) is 10.8. The Labute approximate surface area is 114 Å². The lowest BCUT2D eigenvalue weighted by molar-refractivity contribution is -0.274. The number of nitrogens with zero attached hydrogens (tertiary/aromatic N) is 1. The van der Waals surface area contributed by atoms with Crippen LogP contribution in [0.3, 0.4) is 0 Å². The number of halogens is 3. The predicted molar refractivity (Wildman–Crippen MR) is 67.0 cm³/mol. The van der Waals surface area contributed by atoms with Crippen LogP contribution in [0.5, 0.6) is 5.75 Å². The van der Waals surface area contributed by atoms with Gasteiger partial charge in [-0.2, -0.15) is 5.10 Å². The molecule has 2 N–H and O–H groups in total. The summed E-state index contributed by atoms with van der Waals surface area (Å²) in [6, 6.07) is 6.07. The minimum absolute atomic E-state index is 0.184. The van der Waals surface area contributed by atoms with Crippen molar-refractivity contribution < 1.29 is 17.9 Å². The molecule has 0 amide bonds. The molecule has 0 bridgehead atoms. The van der Waals surface area contributed by atoms with Crippen LogP contribution in [-0.2, 0) is 13.1 Å². The van der Waals surface area contributed by atoms with Gasteiger partial charge in [-0.15, -0.1) is 13.2 Å². The Balaban J connectivity index is 1.97. The van der Waals surface area contributed by atoms with E-state index in [1.165, 1.54) is 12.1 Å². The second-order valence-electron chi connectivity index (χ2n) is 4.28. The number of benzene rings is 1. The largest absolute Gasteiger partial charge is 0.573 e. The second kappa shape index (κ2) is 5.96. The van der Waals surface area contributed by atoms with Gasteiger partial charge < -0.3 is 10.1 Å². The van der Waals surface area contributed by atoms with Crippen LogP contribution in [-0.4, -0.2) is 16.6 Å². The SMILES string of the molecule is Cc1[nH]ncc1CNCc1ccccc1OC(F)(F)F. The van der Waals surface area contributed by atoms with Gasteiger partial charge in [0.05, 0.1) is 6.20 Å². The molecule has 0 unspecified atom stereocenters. The summed E-state index contributed by atoms with van der Waals surface area (Å²) in [6.45, 7) is 2.67. The molecular formula is C13H14F3N3O. The molecule has 1 aromatic heterocycles. The first-order chi connectivity index (χ1) is 9.46. The van der Waals surface area contributed by atoms with E-state index in [0.29, 0.717) is 12.1 Å². The molecule has 0 aliphatic heterocycles. The number of para-hydroxylation sites is 1. The van der Waals surface area contributed by atoms with Crippen molar-refractivity contribution in [2.24, 2.45) is 0 Å². The molecule has 0 aliphatic carbocycles. The number of nitrogens with one attached hydrogen (secondary N) is 2. The van der Waals surface area contributed by atoms with Crippen LogP contribution in [0.1, 0.15) is 16.8 Å². The van der Waals surface area contributed by atoms with Crippen molar-refractivity contribution in [3.8, 4) is 5.75 Å². The first kappa shape index (κ1) is 14.4. The van der Waals surface area contributed by atoms with Crippen molar-refractivity contribution in [1.82, 2.24) is 15.5 Å². The molecule has 0 saturated carbocycles. The molecule has 2 aromatic rings. The Morgan fingerprint density at radius 1 is 1.20 bits per heavy atom. The van der Waals surface area contributed by atoms with Gasteiger partial charge in [-0.3, -0.25) is 5.10 Å². The summed E-state index contributed by atoms with van der Waals surface area (Å²) >= 11 is 0. The zero-order chi connectivity index (χ0) is 14.6. The van der Waals surface area contributed by atoms with Gasteiger partial charge in [0.1, 0.15) is 5.75 Å². The first-order valence-corrected chi connectivity index (χ1v) is 5.99. The summed E-state index contributed by atoms with van der Waals surface area (Å²) in [5.74, 6) is -0.184. The Morgan fingerprint density at radius 2 is 1.90 bits per heavy atom. The molecule has 108 valence electrons. The van der Waals surface area contributed by atoms with Gasteiger partial charge in [-0.05, 0) is 13.0 Å². The molecule has 4 nitrogen and oxygen atoms in total. The van der Waals surface area contributed by atoms with Gasteiger partial charge in [0.15, 0.2) is 0 Å². The van der Waals surface area contributed by atoms with E-state index in [-0.39, 0.29) is 12.3 Å². The Morgan fingerprint density at radius 3 is 2.55 bits per heavy atom. The summed E-state index contributed by atoms with van der Waals surface area (Å²) in [6.07, 6.45) is -3.00. The molecular weight excluding hydrogens is 271 g/mol. The summed E-state index contributed by atoms with van der Waals surface area (Å²) < 4.78 is 40.8. The summed E-state index contributed by atoms with van der Waals surface area (Å²) in [7, 11) is 0. The summed E-state index contributed by atoms with van der Waals surface area (Å²) in [5.41, 5.74) is 2.35. The molecule has 20 heavy (non-hydrogen) atoms. The van der Waals surface area contributed by atoms with Gasteiger partial charge in [-0.1, -0.05) is 18.2 Å². The highest BCUT2D eigenvalue weighted by Crippen LogP contribution is 2.26. The number of H-pyrrole nitrogens is 1. The average Bonchev–Trinajstić information content (AvgIpc) is 2.75. The maximum atomic E-state index is 12.3.